The van der Waals surface area contributed by atoms with Gasteiger partial charge in [-0.15, -0.1) is 0 Å². The van der Waals surface area contributed by atoms with Gasteiger partial charge in [0.1, 0.15) is 5.82 Å². The van der Waals surface area contributed by atoms with E-state index in [1.165, 1.54) is 18.2 Å². The second-order valence-corrected chi connectivity index (χ2v) is 3.92. The molecule has 0 amide bonds. The first-order valence-electron chi connectivity index (χ1n) is 3.45. The predicted octanol–water partition coefficient (Wildman–Crippen LogP) is 0.750. The second-order valence-electron chi connectivity index (χ2n) is 2.63. The van der Waals surface area contributed by atoms with Gasteiger partial charge in [-0.3, -0.25) is 4.72 Å². The standard InChI is InChI=1S/C7H9FN2O2S/c1-5-2-3-6(8)7(4-5)10-13(9,11)12/h2-4,10H,1H3,(H2,9,11,12). The quantitative estimate of drug-likeness (QED) is 0.746. The van der Waals surface area contributed by atoms with Crippen LogP contribution in [0.25, 0.3) is 0 Å². The maximum Gasteiger partial charge on any atom is 0.296 e. The lowest BCUT2D eigenvalue weighted by molar-refractivity contribution is 0.600. The fourth-order valence-corrected chi connectivity index (χ4v) is 1.33. The Labute approximate surface area is 75.7 Å². The van der Waals surface area contributed by atoms with Gasteiger partial charge in [-0.25, -0.2) is 9.53 Å². The summed E-state index contributed by atoms with van der Waals surface area (Å²) in [5.41, 5.74) is 0.607. The van der Waals surface area contributed by atoms with Gasteiger partial charge in [-0.05, 0) is 24.6 Å². The molecule has 0 aliphatic rings. The van der Waals surface area contributed by atoms with Crippen molar-refractivity contribution >= 4 is 15.9 Å². The maximum atomic E-state index is 12.9. The normalized spacial score (nSPS) is 11.3. The van der Waals surface area contributed by atoms with E-state index in [0.29, 0.717) is 0 Å². The summed E-state index contributed by atoms with van der Waals surface area (Å²) in [6.45, 7) is 1.72. The lowest BCUT2D eigenvalue weighted by Gasteiger charge is -2.05. The molecule has 0 saturated carbocycles. The van der Waals surface area contributed by atoms with Crippen LogP contribution in [0, 0.1) is 12.7 Å². The van der Waals surface area contributed by atoms with Gasteiger partial charge in [0.15, 0.2) is 0 Å². The summed E-state index contributed by atoms with van der Waals surface area (Å²) in [4.78, 5) is 0. The molecule has 72 valence electrons. The summed E-state index contributed by atoms with van der Waals surface area (Å²) in [5.74, 6) is -0.653. The molecule has 13 heavy (non-hydrogen) atoms. The molecule has 0 aromatic heterocycles. The van der Waals surface area contributed by atoms with E-state index in [0.717, 1.165) is 5.56 Å². The van der Waals surface area contributed by atoms with Crippen LogP contribution in [0.15, 0.2) is 18.2 Å². The average molecular weight is 204 g/mol. The topological polar surface area (TPSA) is 72.2 Å². The minimum Gasteiger partial charge on any atom is -0.268 e. The van der Waals surface area contributed by atoms with E-state index in [1.54, 1.807) is 6.92 Å². The van der Waals surface area contributed by atoms with E-state index in [4.69, 9.17) is 0 Å². The predicted molar refractivity (Wildman–Crippen MR) is 47.9 cm³/mol. The molecule has 0 spiro atoms. The van der Waals surface area contributed by atoms with E-state index < -0.39 is 16.0 Å². The van der Waals surface area contributed by atoms with Gasteiger partial charge in [0.2, 0.25) is 0 Å². The number of benzene rings is 1. The molecule has 1 aromatic carbocycles. The van der Waals surface area contributed by atoms with Crippen LogP contribution in [-0.4, -0.2) is 8.42 Å². The first-order valence-corrected chi connectivity index (χ1v) is 5.00. The average Bonchev–Trinajstić information content (AvgIpc) is 1.94. The van der Waals surface area contributed by atoms with E-state index in [2.05, 4.69) is 5.14 Å². The number of hydrogen-bond acceptors (Lipinski definition) is 2. The van der Waals surface area contributed by atoms with Crippen molar-refractivity contribution in [2.24, 2.45) is 5.14 Å². The molecular formula is C7H9FN2O2S. The van der Waals surface area contributed by atoms with Crippen molar-refractivity contribution < 1.29 is 12.8 Å². The molecule has 0 saturated heterocycles. The molecule has 0 aliphatic heterocycles. The van der Waals surface area contributed by atoms with E-state index in [9.17, 15) is 12.8 Å². The molecule has 0 fully saturated rings. The van der Waals surface area contributed by atoms with Crippen LogP contribution in [-0.2, 0) is 10.2 Å². The zero-order chi connectivity index (χ0) is 10.1. The van der Waals surface area contributed by atoms with Crippen molar-refractivity contribution in [1.82, 2.24) is 0 Å². The Balaban J connectivity index is 3.08. The van der Waals surface area contributed by atoms with Gasteiger partial charge in [-0.2, -0.15) is 8.42 Å². The molecule has 1 rings (SSSR count). The molecule has 4 nitrogen and oxygen atoms in total. The van der Waals surface area contributed by atoms with Gasteiger partial charge in [0.25, 0.3) is 10.2 Å². The molecule has 0 unspecified atom stereocenters. The number of rotatable bonds is 2. The molecule has 0 bridgehead atoms. The van der Waals surface area contributed by atoms with E-state index in [1.807, 2.05) is 4.72 Å². The third kappa shape index (κ3) is 3.00. The molecule has 0 radical (unpaired) electrons. The van der Waals surface area contributed by atoms with Gasteiger partial charge in [0, 0.05) is 0 Å². The molecule has 1 aromatic rings. The van der Waals surface area contributed by atoms with Crippen LogP contribution in [0.5, 0.6) is 0 Å². The Morgan fingerprint density at radius 1 is 1.46 bits per heavy atom. The lowest BCUT2D eigenvalue weighted by Crippen LogP contribution is -2.22. The first-order chi connectivity index (χ1) is 5.88. The highest BCUT2D eigenvalue weighted by Crippen LogP contribution is 2.15. The van der Waals surface area contributed by atoms with Crippen LogP contribution < -0.4 is 9.86 Å². The number of halogens is 1. The van der Waals surface area contributed by atoms with Crippen LogP contribution in [0.3, 0.4) is 0 Å². The zero-order valence-electron chi connectivity index (χ0n) is 6.91. The molecule has 0 aliphatic carbocycles. The number of hydrogen-bond donors (Lipinski definition) is 2. The van der Waals surface area contributed by atoms with Gasteiger partial charge < -0.3 is 0 Å². The van der Waals surface area contributed by atoms with Crippen LogP contribution in [0.1, 0.15) is 5.56 Å². The molecule has 6 heteroatoms. The number of nitrogens with one attached hydrogen (secondary N) is 1. The summed E-state index contributed by atoms with van der Waals surface area (Å²) in [6, 6.07) is 4.06. The third-order valence-corrected chi connectivity index (χ3v) is 1.88. The molecule has 3 N–H and O–H groups in total. The zero-order valence-corrected chi connectivity index (χ0v) is 7.73. The smallest absolute Gasteiger partial charge is 0.268 e. The Morgan fingerprint density at radius 2 is 2.08 bits per heavy atom. The fraction of sp³-hybridized carbons (Fsp3) is 0.143. The second kappa shape index (κ2) is 3.31. The Bertz CT molecular complexity index is 417. The van der Waals surface area contributed by atoms with E-state index in [-0.39, 0.29) is 5.69 Å². The van der Waals surface area contributed by atoms with Crippen LogP contribution in [0.4, 0.5) is 10.1 Å². The summed E-state index contributed by atoms with van der Waals surface area (Å²) in [6.07, 6.45) is 0. The van der Waals surface area contributed by atoms with Crippen molar-refractivity contribution in [3.05, 3.63) is 29.6 Å². The van der Waals surface area contributed by atoms with E-state index >= 15 is 0 Å². The molecule has 0 atom stereocenters. The molecule has 0 heterocycles. The Hall–Kier alpha value is -1.14. The number of anilines is 1. The third-order valence-electron chi connectivity index (χ3n) is 1.37. The SMILES string of the molecule is Cc1ccc(F)c(NS(N)(=O)=O)c1. The highest BCUT2D eigenvalue weighted by molar-refractivity contribution is 7.90. The lowest BCUT2D eigenvalue weighted by atomic mass is 10.2. The first kappa shape index (κ1) is 9.94. The minimum atomic E-state index is -3.91. The number of nitrogens with two attached hydrogens (primary N) is 1. The van der Waals surface area contributed by atoms with Crippen molar-refractivity contribution in [3.63, 3.8) is 0 Å². The van der Waals surface area contributed by atoms with Crippen LogP contribution >= 0.6 is 0 Å². The van der Waals surface area contributed by atoms with Gasteiger partial charge in [-0.1, -0.05) is 6.07 Å². The summed E-state index contributed by atoms with van der Waals surface area (Å²) >= 11 is 0. The fourth-order valence-electron chi connectivity index (χ4n) is 0.871. The highest BCUT2D eigenvalue weighted by Gasteiger charge is 2.07. The van der Waals surface area contributed by atoms with Gasteiger partial charge in [0.05, 0.1) is 5.69 Å². The summed E-state index contributed by atoms with van der Waals surface area (Å²) in [5, 5.41) is 4.68. The van der Waals surface area contributed by atoms with Gasteiger partial charge >= 0.3 is 0 Å². The monoisotopic (exact) mass is 204 g/mol. The van der Waals surface area contributed by atoms with Crippen molar-refractivity contribution in [1.29, 1.82) is 0 Å². The van der Waals surface area contributed by atoms with Crippen LogP contribution in [0.2, 0.25) is 0 Å². The highest BCUT2D eigenvalue weighted by atomic mass is 32.2. The van der Waals surface area contributed by atoms with Crippen molar-refractivity contribution in [2.75, 3.05) is 4.72 Å². The Morgan fingerprint density at radius 3 is 2.62 bits per heavy atom. The Kier molecular flexibility index (Phi) is 2.53. The number of aryl methyl sites for hydroxylation is 1. The minimum absolute atomic E-state index is 0.137. The van der Waals surface area contributed by atoms with Crippen molar-refractivity contribution in [3.8, 4) is 0 Å². The molecular weight excluding hydrogens is 195 g/mol. The summed E-state index contributed by atoms with van der Waals surface area (Å²) < 4.78 is 35.9. The maximum absolute atomic E-state index is 12.9. The summed E-state index contributed by atoms with van der Waals surface area (Å²) in [7, 11) is -3.91. The van der Waals surface area contributed by atoms with Crippen molar-refractivity contribution in [2.45, 2.75) is 6.92 Å². The largest absolute Gasteiger partial charge is 0.296 e.